The lowest BCUT2D eigenvalue weighted by atomic mass is 9.81. The van der Waals surface area contributed by atoms with E-state index in [1.165, 1.54) is 0 Å². The molecule has 0 amide bonds. The molecule has 1 saturated heterocycles. The summed E-state index contributed by atoms with van der Waals surface area (Å²) in [6.07, 6.45) is 7.44. The third-order valence-electron chi connectivity index (χ3n) is 8.42. The van der Waals surface area contributed by atoms with Crippen molar-refractivity contribution in [2.24, 2.45) is 16.3 Å². The van der Waals surface area contributed by atoms with Gasteiger partial charge in [-0.3, -0.25) is 14.4 Å². The first-order valence-electron chi connectivity index (χ1n) is 14.8. The molecule has 1 unspecified atom stereocenters. The maximum Gasteiger partial charge on any atom is 0.310 e. The van der Waals surface area contributed by atoms with Crippen molar-refractivity contribution in [2.45, 2.75) is 46.6 Å². The molecule has 0 spiro atoms. The highest BCUT2D eigenvalue weighted by atomic mass is 16.5. The van der Waals surface area contributed by atoms with Gasteiger partial charge in [0.25, 0.3) is 0 Å². The molecule has 218 valence electrons. The van der Waals surface area contributed by atoms with Crippen molar-refractivity contribution in [3.8, 4) is 5.75 Å². The number of hydrogen-bond donors (Lipinski definition) is 1. The average Bonchev–Trinajstić information content (AvgIpc) is 2.98. The van der Waals surface area contributed by atoms with Crippen LogP contribution >= 0.6 is 0 Å². The molecule has 2 aliphatic heterocycles. The SMILES string of the molecule is CCOC(=O)[C@@H]1CCCN(CCNc2cc3c(c4c2C(=O)c2ccccc2C4=O)N=C2C=CC(C(C)(C)C)=CC2O3)C1. The number of rotatable bonds is 6. The summed E-state index contributed by atoms with van der Waals surface area (Å²) in [5.74, 6) is -0.222. The summed E-state index contributed by atoms with van der Waals surface area (Å²) in [5, 5.41) is 3.44. The van der Waals surface area contributed by atoms with Gasteiger partial charge >= 0.3 is 5.97 Å². The fraction of sp³-hybridized carbons (Fsp3) is 0.412. The Bertz CT molecular complexity index is 1560. The van der Waals surface area contributed by atoms with Gasteiger partial charge in [-0.1, -0.05) is 51.1 Å². The largest absolute Gasteiger partial charge is 0.478 e. The summed E-state index contributed by atoms with van der Waals surface area (Å²) in [6.45, 7) is 11.4. The number of esters is 1. The number of likely N-dealkylation sites (tertiary alicyclic amines) is 1. The Morgan fingerprint density at radius 3 is 2.57 bits per heavy atom. The highest BCUT2D eigenvalue weighted by molar-refractivity contribution is 6.32. The van der Waals surface area contributed by atoms with Crippen molar-refractivity contribution in [3.05, 3.63) is 76.4 Å². The van der Waals surface area contributed by atoms with Crippen LogP contribution in [0, 0.1) is 11.3 Å². The van der Waals surface area contributed by atoms with Crippen LogP contribution in [0.2, 0.25) is 0 Å². The van der Waals surface area contributed by atoms with Gasteiger partial charge in [-0.15, -0.1) is 0 Å². The minimum atomic E-state index is -0.377. The molecule has 1 N–H and O–H groups in total. The van der Waals surface area contributed by atoms with E-state index in [0.29, 0.717) is 65.8 Å². The van der Waals surface area contributed by atoms with Crippen molar-refractivity contribution in [1.29, 1.82) is 0 Å². The summed E-state index contributed by atoms with van der Waals surface area (Å²) < 4.78 is 11.7. The molecular formula is C34H37N3O5. The Kier molecular flexibility index (Phi) is 7.35. The van der Waals surface area contributed by atoms with E-state index >= 15 is 0 Å². The number of ether oxygens (including phenoxy) is 2. The molecule has 2 aromatic rings. The fourth-order valence-electron chi connectivity index (χ4n) is 6.19. The van der Waals surface area contributed by atoms with Crippen molar-refractivity contribution >= 4 is 34.6 Å². The predicted octanol–water partition coefficient (Wildman–Crippen LogP) is 5.52. The van der Waals surface area contributed by atoms with Gasteiger partial charge in [0.2, 0.25) is 0 Å². The Hall–Kier alpha value is -4.04. The maximum atomic E-state index is 13.9. The number of carbonyl (C=O) groups excluding carboxylic acids is 3. The summed E-state index contributed by atoms with van der Waals surface area (Å²) in [5.41, 5.74) is 4.14. The van der Waals surface area contributed by atoms with E-state index < -0.39 is 0 Å². The summed E-state index contributed by atoms with van der Waals surface area (Å²) in [6, 6.07) is 8.75. The molecule has 1 fully saturated rings. The second-order valence-electron chi connectivity index (χ2n) is 12.3. The molecule has 2 aliphatic carbocycles. The number of allylic oxidation sites excluding steroid dienone is 2. The predicted molar refractivity (Wildman–Crippen MR) is 162 cm³/mol. The van der Waals surface area contributed by atoms with Crippen LogP contribution in [-0.4, -0.2) is 67.0 Å². The standard InChI is InChI=1S/C34H37N3O5/c1-5-41-33(40)20-9-8-15-37(19-20)16-14-35-25-18-27-30(36-24-13-12-21(34(2,3)4)17-26(24)42-27)29-28(25)31(38)22-10-6-7-11-23(22)32(29)39/h6-7,10-13,17-18,20,26,35H,5,8-9,14-16,19H2,1-4H3/t20-,26?/m1/s1. The number of carbonyl (C=O) groups is 3. The Morgan fingerprint density at radius 1 is 1.12 bits per heavy atom. The Labute approximate surface area is 246 Å². The number of fused-ring (bicyclic) bond motifs is 5. The highest BCUT2D eigenvalue weighted by Gasteiger charge is 2.38. The van der Waals surface area contributed by atoms with Gasteiger partial charge in [0.1, 0.15) is 11.4 Å². The molecule has 0 bridgehead atoms. The molecular weight excluding hydrogens is 530 g/mol. The lowest BCUT2D eigenvalue weighted by molar-refractivity contribution is -0.149. The van der Waals surface area contributed by atoms with Crippen LogP contribution in [0.1, 0.15) is 72.4 Å². The van der Waals surface area contributed by atoms with E-state index in [1.807, 2.05) is 25.1 Å². The quantitative estimate of drug-likeness (QED) is 0.392. The number of anilines is 1. The molecule has 8 nitrogen and oxygen atoms in total. The monoisotopic (exact) mass is 567 g/mol. The average molecular weight is 568 g/mol. The topological polar surface area (TPSA) is 97.3 Å². The number of hydrogen-bond acceptors (Lipinski definition) is 8. The first-order valence-corrected chi connectivity index (χ1v) is 14.8. The van der Waals surface area contributed by atoms with Crippen LogP contribution in [-0.2, 0) is 9.53 Å². The lowest BCUT2D eigenvalue weighted by Gasteiger charge is -2.33. The number of benzene rings is 2. The highest BCUT2D eigenvalue weighted by Crippen LogP contribution is 2.46. The van der Waals surface area contributed by atoms with E-state index in [9.17, 15) is 14.4 Å². The van der Waals surface area contributed by atoms with E-state index in [-0.39, 0.29) is 40.5 Å². The second-order valence-corrected chi connectivity index (χ2v) is 12.3. The maximum absolute atomic E-state index is 13.9. The molecule has 2 aromatic carbocycles. The van der Waals surface area contributed by atoms with Gasteiger partial charge in [0.05, 0.1) is 29.4 Å². The van der Waals surface area contributed by atoms with Crippen LogP contribution in [0.5, 0.6) is 5.75 Å². The van der Waals surface area contributed by atoms with E-state index in [1.54, 1.807) is 24.3 Å². The number of nitrogens with zero attached hydrogens (tertiary/aromatic N) is 2. The van der Waals surface area contributed by atoms with Crippen LogP contribution < -0.4 is 10.1 Å². The van der Waals surface area contributed by atoms with Crippen LogP contribution in [0.25, 0.3) is 0 Å². The first kappa shape index (κ1) is 28.1. The third kappa shape index (κ3) is 5.09. The minimum absolute atomic E-state index is 0.0545. The number of ketones is 2. The van der Waals surface area contributed by atoms with Gasteiger partial charge in [-0.25, -0.2) is 4.99 Å². The van der Waals surface area contributed by atoms with Gasteiger partial charge in [0, 0.05) is 42.5 Å². The number of nitrogens with one attached hydrogen (secondary N) is 1. The Balaban J connectivity index is 1.33. The van der Waals surface area contributed by atoms with Gasteiger partial charge in [-0.2, -0.15) is 0 Å². The Morgan fingerprint density at radius 2 is 1.86 bits per heavy atom. The number of aliphatic imine (C=N–C) groups is 1. The molecule has 0 saturated carbocycles. The summed E-state index contributed by atoms with van der Waals surface area (Å²) in [4.78, 5) is 47.2. The van der Waals surface area contributed by atoms with Crippen molar-refractivity contribution < 1.29 is 23.9 Å². The van der Waals surface area contributed by atoms with Crippen molar-refractivity contribution in [3.63, 3.8) is 0 Å². The van der Waals surface area contributed by atoms with Crippen molar-refractivity contribution in [2.75, 3.05) is 38.1 Å². The van der Waals surface area contributed by atoms with Gasteiger partial charge < -0.3 is 19.7 Å². The smallest absolute Gasteiger partial charge is 0.310 e. The minimum Gasteiger partial charge on any atom is -0.478 e. The van der Waals surface area contributed by atoms with E-state index in [2.05, 4.69) is 37.1 Å². The fourth-order valence-corrected chi connectivity index (χ4v) is 6.19. The zero-order valence-electron chi connectivity index (χ0n) is 24.7. The van der Waals surface area contributed by atoms with E-state index in [0.717, 1.165) is 25.0 Å². The lowest BCUT2D eigenvalue weighted by Crippen LogP contribution is -2.41. The van der Waals surface area contributed by atoms with Crippen LogP contribution in [0.3, 0.4) is 0 Å². The molecule has 2 heterocycles. The van der Waals surface area contributed by atoms with E-state index in [4.69, 9.17) is 14.5 Å². The van der Waals surface area contributed by atoms with Gasteiger partial charge in [-0.05, 0) is 49.5 Å². The van der Waals surface area contributed by atoms with Crippen LogP contribution in [0.4, 0.5) is 11.4 Å². The second kappa shape index (κ2) is 11.0. The first-order chi connectivity index (χ1) is 20.2. The van der Waals surface area contributed by atoms with Gasteiger partial charge in [0.15, 0.2) is 17.7 Å². The zero-order chi connectivity index (χ0) is 29.6. The molecule has 2 atom stereocenters. The molecule has 4 aliphatic rings. The number of piperidine rings is 1. The van der Waals surface area contributed by atoms with Crippen LogP contribution in [0.15, 0.2) is 59.1 Å². The summed E-state index contributed by atoms with van der Waals surface area (Å²) in [7, 11) is 0. The zero-order valence-corrected chi connectivity index (χ0v) is 24.7. The molecule has 0 radical (unpaired) electrons. The third-order valence-corrected chi connectivity index (χ3v) is 8.42. The molecule has 8 heteroatoms. The molecule has 42 heavy (non-hydrogen) atoms. The van der Waals surface area contributed by atoms with Crippen molar-refractivity contribution in [1.82, 2.24) is 4.90 Å². The normalized spacial score (nSPS) is 21.2. The summed E-state index contributed by atoms with van der Waals surface area (Å²) >= 11 is 0. The molecule has 0 aromatic heterocycles. The molecule has 6 rings (SSSR count).